The van der Waals surface area contributed by atoms with Crippen LogP contribution in [0.15, 0.2) is 24.3 Å². The summed E-state index contributed by atoms with van der Waals surface area (Å²) >= 11 is 0. The summed E-state index contributed by atoms with van der Waals surface area (Å²) in [6.07, 6.45) is 1.91. The Hall–Kier alpha value is -2.04. The molecule has 0 aliphatic carbocycles. The Kier molecular flexibility index (Phi) is 4.04. The Labute approximate surface area is 111 Å². The van der Waals surface area contributed by atoms with Gasteiger partial charge in [0, 0.05) is 25.1 Å². The number of rotatable bonds is 6. The molecule has 0 spiro atoms. The van der Waals surface area contributed by atoms with Crippen LogP contribution in [0, 0.1) is 0 Å². The van der Waals surface area contributed by atoms with Crippen LogP contribution in [0.1, 0.15) is 24.8 Å². The van der Waals surface area contributed by atoms with Gasteiger partial charge in [0.1, 0.15) is 6.04 Å². The van der Waals surface area contributed by atoms with Gasteiger partial charge in [0.25, 0.3) is 0 Å². The summed E-state index contributed by atoms with van der Waals surface area (Å²) < 4.78 is 0. The smallest absolute Gasteiger partial charge is 0.326 e. The molecule has 1 unspecified atom stereocenters. The third kappa shape index (κ3) is 3.05. The van der Waals surface area contributed by atoms with Crippen LogP contribution >= 0.6 is 0 Å². The Bertz CT molecular complexity index is 486. The Morgan fingerprint density at radius 1 is 1.21 bits per heavy atom. The lowest BCUT2D eigenvalue weighted by Gasteiger charge is -2.24. The molecule has 1 aliphatic rings. The third-order valence-corrected chi connectivity index (χ3v) is 3.42. The van der Waals surface area contributed by atoms with Gasteiger partial charge in [0.15, 0.2) is 0 Å². The van der Waals surface area contributed by atoms with E-state index in [4.69, 9.17) is 5.11 Å². The zero-order valence-electron chi connectivity index (χ0n) is 10.6. The predicted molar refractivity (Wildman–Crippen MR) is 70.4 cm³/mol. The summed E-state index contributed by atoms with van der Waals surface area (Å²) in [7, 11) is 0. The summed E-state index contributed by atoms with van der Waals surface area (Å²) in [6, 6.07) is 7.15. The van der Waals surface area contributed by atoms with Crippen LogP contribution < -0.4 is 4.90 Å². The van der Waals surface area contributed by atoms with Gasteiger partial charge in [-0.1, -0.05) is 18.2 Å². The monoisotopic (exact) mass is 263 g/mol. The first-order chi connectivity index (χ1) is 9.09. The van der Waals surface area contributed by atoms with Crippen molar-refractivity contribution in [3.8, 4) is 0 Å². The number of para-hydroxylation sites is 1. The van der Waals surface area contributed by atoms with Crippen molar-refractivity contribution in [3.05, 3.63) is 29.8 Å². The molecule has 5 nitrogen and oxygen atoms in total. The molecular weight excluding hydrogens is 246 g/mol. The number of unbranched alkanes of at least 4 members (excludes halogenated alkanes) is 1. The maximum atomic E-state index is 11.3. The number of carboxylic acids is 2. The van der Waals surface area contributed by atoms with Crippen molar-refractivity contribution in [3.63, 3.8) is 0 Å². The van der Waals surface area contributed by atoms with E-state index in [2.05, 4.69) is 0 Å². The van der Waals surface area contributed by atoms with Crippen LogP contribution in [0.2, 0.25) is 0 Å². The predicted octanol–water partition coefficient (Wildman–Crippen LogP) is 1.76. The first-order valence-electron chi connectivity index (χ1n) is 6.38. The average Bonchev–Trinajstić information content (AvgIpc) is 2.73. The highest BCUT2D eigenvalue weighted by atomic mass is 16.4. The van der Waals surface area contributed by atoms with E-state index in [0.717, 1.165) is 11.3 Å². The number of benzene rings is 1. The average molecular weight is 263 g/mol. The van der Waals surface area contributed by atoms with Gasteiger partial charge >= 0.3 is 11.9 Å². The van der Waals surface area contributed by atoms with Crippen molar-refractivity contribution in [2.75, 3.05) is 11.4 Å². The topological polar surface area (TPSA) is 77.8 Å². The maximum absolute atomic E-state index is 11.3. The molecule has 2 rings (SSSR count). The number of carboxylic acid groups (broad SMARTS) is 2. The molecule has 0 bridgehead atoms. The number of hydrogen-bond donors (Lipinski definition) is 2. The summed E-state index contributed by atoms with van der Waals surface area (Å²) in [6.45, 7) is 0.585. The van der Waals surface area contributed by atoms with E-state index in [1.807, 2.05) is 29.2 Å². The highest BCUT2D eigenvalue weighted by molar-refractivity contribution is 5.82. The minimum Gasteiger partial charge on any atom is -0.481 e. The van der Waals surface area contributed by atoms with Crippen molar-refractivity contribution in [2.24, 2.45) is 0 Å². The molecule has 0 radical (unpaired) electrons. The quantitative estimate of drug-likeness (QED) is 0.765. The molecule has 5 heteroatoms. The molecule has 1 aromatic carbocycles. The minimum atomic E-state index is -0.825. The van der Waals surface area contributed by atoms with Crippen molar-refractivity contribution in [1.82, 2.24) is 0 Å². The molecule has 19 heavy (non-hydrogen) atoms. The number of carbonyl (C=O) groups is 2. The van der Waals surface area contributed by atoms with Gasteiger partial charge in [-0.05, 0) is 24.5 Å². The van der Waals surface area contributed by atoms with E-state index in [9.17, 15) is 14.7 Å². The van der Waals surface area contributed by atoms with E-state index in [0.29, 0.717) is 25.8 Å². The summed E-state index contributed by atoms with van der Waals surface area (Å²) in [4.78, 5) is 23.6. The first-order valence-corrected chi connectivity index (χ1v) is 6.38. The van der Waals surface area contributed by atoms with Gasteiger partial charge < -0.3 is 15.1 Å². The van der Waals surface area contributed by atoms with Gasteiger partial charge in [0.05, 0.1) is 0 Å². The number of anilines is 1. The lowest BCUT2D eigenvalue weighted by Crippen LogP contribution is -2.39. The normalized spacial score (nSPS) is 17.3. The molecule has 1 atom stereocenters. The Morgan fingerprint density at radius 3 is 2.63 bits per heavy atom. The molecule has 2 N–H and O–H groups in total. The first kappa shape index (κ1) is 13.4. The molecule has 0 amide bonds. The molecule has 1 aliphatic heterocycles. The van der Waals surface area contributed by atoms with E-state index >= 15 is 0 Å². The Morgan fingerprint density at radius 2 is 1.95 bits per heavy atom. The number of nitrogens with zero attached hydrogens (tertiary/aromatic N) is 1. The molecule has 0 saturated carbocycles. The van der Waals surface area contributed by atoms with Gasteiger partial charge in [-0.2, -0.15) is 0 Å². The van der Waals surface area contributed by atoms with Crippen LogP contribution in [-0.2, 0) is 16.0 Å². The second kappa shape index (κ2) is 5.73. The van der Waals surface area contributed by atoms with E-state index < -0.39 is 18.0 Å². The largest absolute Gasteiger partial charge is 0.481 e. The van der Waals surface area contributed by atoms with Gasteiger partial charge in [0.2, 0.25) is 0 Å². The van der Waals surface area contributed by atoms with Crippen molar-refractivity contribution >= 4 is 17.6 Å². The standard InChI is InChI=1S/C14H17NO4/c16-13(17)7-3-4-8-15-11-6-2-1-5-10(11)9-12(15)14(18)19/h1-2,5-6,12H,3-4,7-9H2,(H,16,17)(H,18,19). The van der Waals surface area contributed by atoms with E-state index in [1.165, 1.54) is 0 Å². The number of aliphatic carboxylic acids is 2. The SMILES string of the molecule is O=C(O)CCCCN1c2ccccc2CC1C(=O)O. The fourth-order valence-electron chi connectivity index (χ4n) is 2.51. The van der Waals surface area contributed by atoms with Crippen molar-refractivity contribution in [2.45, 2.75) is 31.7 Å². The zero-order chi connectivity index (χ0) is 13.8. The summed E-state index contributed by atoms with van der Waals surface area (Å²) in [5, 5.41) is 17.9. The molecular formula is C14H17NO4. The fourth-order valence-corrected chi connectivity index (χ4v) is 2.51. The van der Waals surface area contributed by atoms with Gasteiger partial charge in [-0.15, -0.1) is 0 Å². The molecule has 0 aromatic heterocycles. The fraction of sp³-hybridized carbons (Fsp3) is 0.429. The number of fused-ring (bicyclic) bond motifs is 1. The Balaban J connectivity index is 2.02. The van der Waals surface area contributed by atoms with Crippen molar-refractivity contribution in [1.29, 1.82) is 0 Å². The van der Waals surface area contributed by atoms with Gasteiger partial charge in [-0.25, -0.2) is 4.79 Å². The molecule has 0 saturated heterocycles. The highest BCUT2D eigenvalue weighted by Crippen LogP contribution is 2.32. The van der Waals surface area contributed by atoms with Crippen LogP contribution in [0.3, 0.4) is 0 Å². The molecule has 1 aromatic rings. The van der Waals surface area contributed by atoms with E-state index in [-0.39, 0.29) is 6.42 Å². The second-order valence-corrected chi connectivity index (χ2v) is 4.73. The lowest BCUT2D eigenvalue weighted by atomic mass is 10.1. The molecule has 0 fully saturated rings. The molecule has 1 heterocycles. The second-order valence-electron chi connectivity index (χ2n) is 4.73. The van der Waals surface area contributed by atoms with E-state index in [1.54, 1.807) is 0 Å². The maximum Gasteiger partial charge on any atom is 0.326 e. The minimum absolute atomic E-state index is 0.132. The van der Waals surface area contributed by atoms with Crippen LogP contribution in [-0.4, -0.2) is 34.7 Å². The zero-order valence-corrected chi connectivity index (χ0v) is 10.6. The van der Waals surface area contributed by atoms with Crippen LogP contribution in [0.25, 0.3) is 0 Å². The van der Waals surface area contributed by atoms with Crippen molar-refractivity contribution < 1.29 is 19.8 Å². The highest BCUT2D eigenvalue weighted by Gasteiger charge is 2.33. The molecule has 102 valence electrons. The number of hydrogen-bond acceptors (Lipinski definition) is 3. The van der Waals surface area contributed by atoms with Crippen LogP contribution in [0.5, 0.6) is 0 Å². The van der Waals surface area contributed by atoms with Gasteiger partial charge in [-0.3, -0.25) is 4.79 Å². The third-order valence-electron chi connectivity index (χ3n) is 3.42. The van der Waals surface area contributed by atoms with Crippen LogP contribution in [0.4, 0.5) is 5.69 Å². The summed E-state index contributed by atoms with van der Waals surface area (Å²) in [5.41, 5.74) is 2.01. The summed E-state index contributed by atoms with van der Waals surface area (Å²) in [5.74, 6) is -1.63. The lowest BCUT2D eigenvalue weighted by molar-refractivity contribution is -0.139.